The largest absolute Gasteiger partial charge is 0.395 e. The van der Waals surface area contributed by atoms with Gasteiger partial charge in [0.05, 0.1) is 31.4 Å². The molecule has 264 valence electrons. The molecule has 0 saturated carbocycles. The van der Waals surface area contributed by atoms with E-state index in [1.807, 2.05) is 104 Å². The van der Waals surface area contributed by atoms with Crippen LogP contribution in [0.4, 0.5) is 0 Å². The van der Waals surface area contributed by atoms with Crippen LogP contribution in [0.3, 0.4) is 0 Å². The standard InChI is InChI=1S/C39H51ClN4O5/c1-27(41)36(46)43-35(28(2)49-26-30-14-8-5-9-15-30)37(47)44-21-11-18-34(44)19-20-39(3,24-31-16-10-17-32(40)22-31)38(48)42-33(25-45)23-29-12-6-4-7-13-29/h4-10,12-17,19-20,22,27-28,33-35,38,42,45,48H,11,18,21,23-26,41H2,1-3H3,(H,43,46)/b20-19+/t27?,28?,33-,34?,35?,38?,39-/m0/s1. The van der Waals surface area contributed by atoms with Crippen LogP contribution in [0.1, 0.15) is 50.3 Å². The lowest BCUT2D eigenvalue weighted by molar-refractivity contribution is -0.141. The van der Waals surface area contributed by atoms with Gasteiger partial charge in [0, 0.05) is 23.0 Å². The molecule has 1 saturated heterocycles. The lowest BCUT2D eigenvalue weighted by atomic mass is 9.80. The average molecular weight is 691 g/mol. The van der Waals surface area contributed by atoms with Crippen molar-refractivity contribution in [1.82, 2.24) is 15.5 Å². The molecule has 0 radical (unpaired) electrons. The molecule has 3 aromatic rings. The minimum absolute atomic E-state index is 0.160. The minimum atomic E-state index is -1.04. The van der Waals surface area contributed by atoms with Gasteiger partial charge in [0.25, 0.3) is 0 Å². The quantitative estimate of drug-likeness (QED) is 0.105. The van der Waals surface area contributed by atoms with Crippen molar-refractivity contribution in [2.24, 2.45) is 11.1 Å². The van der Waals surface area contributed by atoms with E-state index in [0.29, 0.717) is 24.4 Å². The minimum Gasteiger partial charge on any atom is -0.395 e. The van der Waals surface area contributed by atoms with Gasteiger partial charge in [-0.1, -0.05) is 103 Å². The summed E-state index contributed by atoms with van der Waals surface area (Å²) in [6.45, 7) is 5.95. The zero-order chi connectivity index (χ0) is 35.4. The number of hydrogen-bond acceptors (Lipinski definition) is 7. The van der Waals surface area contributed by atoms with Gasteiger partial charge in [-0.3, -0.25) is 14.9 Å². The van der Waals surface area contributed by atoms with Crippen molar-refractivity contribution in [3.63, 3.8) is 0 Å². The second-order valence-corrected chi connectivity index (χ2v) is 13.8. The van der Waals surface area contributed by atoms with Gasteiger partial charge in [0.15, 0.2) is 0 Å². The number of ether oxygens (including phenoxy) is 1. The predicted octanol–water partition coefficient (Wildman–Crippen LogP) is 4.38. The third kappa shape index (κ3) is 11.2. The van der Waals surface area contributed by atoms with Crippen molar-refractivity contribution in [2.75, 3.05) is 13.2 Å². The zero-order valence-electron chi connectivity index (χ0n) is 28.7. The lowest BCUT2D eigenvalue weighted by Crippen LogP contribution is -2.57. The first-order chi connectivity index (χ1) is 23.5. The van der Waals surface area contributed by atoms with E-state index in [-0.39, 0.29) is 31.2 Å². The summed E-state index contributed by atoms with van der Waals surface area (Å²) >= 11 is 6.33. The van der Waals surface area contributed by atoms with Crippen LogP contribution in [0.5, 0.6) is 0 Å². The Morgan fingerprint density at radius 3 is 2.33 bits per heavy atom. The number of amides is 2. The highest BCUT2D eigenvalue weighted by molar-refractivity contribution is 6.30. The van der Waals surface area contributed by atoms with Crippen LogP contribution in [0.25, 0.3) is 0 Å². The highest BCUT2D eigenvalue weighted by Gasteiger charge is 2.38. The van der Waals surface area contributed by atoms with Gasteiger partial charge in [-0.05, 0) is 68.4 Å². The third-order valence-corrected chi connectivity index (χ3v) is 9.36. The number of carbonyl (C=O) groups excluding carboxylic acids is 2. The first kappa shape index (κ1) is 38.2. The van der Waals surface area contributed by atoms with Crippen LogP contribution in [0.2, 0.25) is 5.02 Å². The first-order valence-corrected chi connectivity index (χ1v) is 17.4. The molecule has 1 fully saturated rings. The van der Waals surface area contributed by atoms with Crippen molar-refractivity contribution in [3.8, 4) is 0 Å². The molecule has 5 unspecified atom stereocenters. The van der Waals surface area contributed by atoms with Gasteiger partial charge in [-0.2, -0.15) is 0 Å². The molecule has 0 bridgehead atoms. The Balaban J connectivity index is 1.56. The summed E-state index contributed by atoms with van der Waals surface area (Å²) in [6, 6.07) is 24.6. The molecule has 10 heteroatoms. The van der Waals surface area contributed by atoms with E-state index in [1.165, 1.54) is 0 Å². The Morgan fingerprint density at radius 2 is 1.69 bits per heavy atom. The fourth-order valence-corrected chi connectivity index (χ4v) is 6.37. The van der Waals surface area contributed by atoms with Crippen LogP contribution in [0, 0.1) is 5.41 Å². The highest BCUT2D eigenvalue weighted by Crippen LogP contribution is 2.31. The molecule has 4 rings (SSSR count). The monoisotopic (exact) mass is 690 g/mol. The normalized spacial score (nSPS) is 19.2. The zero-order valence-corrected chi connectivity index (χ0v) is 29.4. The van der Waals surface area contributed by atoms with Gasteiger partial charge in [-0.25, -0.2) is 0 Å². The SMILES string of the molecule is CC(N)C(=O)NC(C(=O)N1CCCC1/C=C/[C@@](C)(Cc1cccc(Cl)c1)C(O)N[C@H](CO)Cc1ccccc1)C(C)OCc1ccccc1. The molecule has 6 N–H and O–H groups in total. The topological polar surface area (TPSA) is 137 Å². The van der Waals surface area contributed by atoms with Crippen LogP contribution >= 0.6 is 11.6 Å². The highest BCUT2D eigenvalue weighted by atomic mass is 35.5. The Labute approximate surface area is 295 Å². The summed E-state index contributed by atoms with van der Waals surface area (Å²) in [5.41, 5.74) is 7.96. The van der Waals surface area contributed by atoms with Gasteiger partial charge in [0.1, 0.15) is 12.3 Å². The molecule has 3 aromatic carbocycles. The van der Waals surface area contributed by atoms with E-state index < -0.39 is 35.7 Å². The number of aliphatic hydroxyl groups excluding tert-OH is 2. The number of nitrogens with zero attached hydrogens (tertiary/aromatic N) is 1. The smallest absolute Gasteiger partial charge is 0.248 e. The summed E-state index contributed by atoms with van der Waals surface area (Å²) in [4.78, 5) is 28.7. The molecule has 0 aromatic heterocycles. The molecule has 7 atom stereocenters. The Bertz CT molecular complexity index is 1510. The van der Waals surface area contributed by atoms with Crippen molar-refractivity contribution >= 4 is 23.4 Å². The van der Waals surface area contributed by atoms with Crippen molar-refractivity contribution in [2.45, 2.75) is 89.6 Å². The number of rotatable bonds is 17. The molecule has 49 heavy (non-hydrogen) atoms. The van der Waals surface area contributed by atoms with E-state index in [1.54, 1.807) is 18.7 Å². The summed E-state index contributed by atoms with van der Waals surface area (Å²) < 4.78 is 6.11. The van der Waals surface area contributed by atoms with Crippen LogP contribution < -0.4 is 16.4 Å². The molecule has 1 aliphatic rings. The second-order valence-electron chi connectivity index (χ2n) is 13.3. The van der Waals surface area contributed by atoms with Crippen LogP contribution in [-0.2, 0) is 33.8 Å². The van der Waals surface area contributed by atoms with Gasteiger partial charge in [-0.15, -0.1) is 0 Å². The van der Waals surface area contributed by atoms with E-state index in [2.05, 4.69) is 10.6 Å². The molecule has 2 amide bonds. The fraction of sp³-hybridized carbons (Fsp3) is 0.436. The van der Waals surface area contributed by atoms with Gasteiger partial charge in [0.2, 0.25) is 11.8 Å². The summed E-state index contributed by atoms with van der Waals surface area (Å²) in [6.07, 6.45) is 4.76. The number of carbonyl (C=O) groups is 2. The lowest BCUT2D eigenvalue weighted by Gasteiger charge is -2.36. The van der Waals surface area contributed by atoms with Crippen molar-refractivity contribution in [3.05, 3.63) is 119 Å². The number of benzene rings is 3. The van der Waals surface area contributed by atoms with E-state index in [0.717, 1.165) is 29.5 Å². The number of nitrogens with two attached hydrogens (primary N) is 1. The summed E-state index contributed by atoms with van der Waals surface area (Å²) in [7, 11) is 0. The maximum atomic E-state index is 14.2. The molecule has 0 aliphatic carbocycles. The maximum absolute atomic E-state index is 14.2. The van der Waals surface area contributed by atoms with E-state index in [9.17, 15) is 19.8 Å². The molecule has 1 aliphatic heterocycles. The van der Waals surface area contributed by atoms with E-state index >= 15 is 0 Å². The number of nitrogens with one attached hydrogen (secondary N) is 2. The van der Waals surface area contributed by atoms with Crippen molar-refractivity contribution < 1.29 is 24.5 Å². The van der Waals surface area contributed by atoms with Crippen molar-refractivity contribution in [1.29, 1.82) is 0 Å². The van der Waals surface area contributed by atoms with Crippen LogP contribution in [0.15, 0.2) is 97.1 Å². The Kier molecular flexibility index (Phi) is 14.4. The Hall–Kier alpha value is -3.57. The predicted molar refractivity (Wildman–Crippen MR) is 194 cm³/mol. The number of halogens is 1. The van der Waals surface area contributed by atoms with Gasteiger partial charge >= 0.3 is 0 Å². The fourth-order valence-electron chi connectivity index (χ4n) is 6.16. The van der Waals surface area contributed by atoms with Crippen LogP contribution in [-0.4, -0.2) is 76.6 Å². The Morgan fingerprint density at radius 1 is 1.04 bits per heavy atom. The third-order valence-electron chi connectivity index (χ3n) is 9.12. The number of hydrogen-bond donors (Lipinski definition) is 5. The van der Waals surface area contributed by atoms with Gasteiger partial charge < -0.3 is 30.9 Å². The number of aliphatic hydroxyl groups is 2. The molecule has 0 spiro atoms. The molecule has 1 heterocycles. The van der Waals surface area contributed by atoms with E-state index in [4.69, 9.17) is 22.1 Å². The number of likely N-dealkylation sites (tertiary alicyclic amines) is 1. The first-order valence-electron chi connectivity index (χ1n) is 17.0. The summed E-state index contributed by atoms with van der Waals surface area (Å²) in [5, 5.41) is 28.6. The maximum Gasteiger partial charge on any atom is 0.248 e. The average Bonchev–Trinajstić information content (AvgIpc) is 3.57. The molecular weight excluding hydrogens is 640 g/mol. The second kappa shape index (κ2) is 18.4. The summed E-state index contributed by atoms with van der Waals surface area (Å²) in [5.74, 6) is -0.683. The molecular formula is C39H51ClN4O5. The molecule has 9 nitrogen and oxygen atoms in total.